The van der Waals surface area contributed by atoms with Crippen molar-refractivity contribution in [3.63, 3.8) is 0 Å². The summed E-state index contributed by atoms with van der Waals surface area (Å²) in [6.45, 7) is 10.2. The van der Waals surface area contributed by atoms with Gasteiger partial charge in [0.05, 0.1) is 5.25 Å². The van der Waals surface area contributed by atoms with Crippen molar-refractivity contribution < 1.29 is 4.79 Å². The van der Waals surface area contributed by atoms with Crippen LogP contribution in [-0.2, 0) is 4.79 Å². The summed E-state index contributed by atoms with van der Waals surface area (Å²) in [5.74, 6) is 0.956. The van der Waals surface area contributed by atoms with Crippen LogP contribution in [0, 0.1) is 0 Å². The Balaban J connectivity index is 4.00. The summed E-state index contributed by atoms with van der Waals surface area (Å²) in [4.78, 5) is 11.8. The third-order valence-electron chi connectivity index (χ3n) is 2.80. The predicted octanol–water partition coefficient (Wildman–Crippen LogP) is 2.15. The first-order valence-corrected chi connectivity index (χ1v) is 7.06. The topological polar surface area (TPSA) is 55.1 Å². The second-order valence-corrected chi connectivity index (χ2v) is 6.24. The Hall–Kier alpha value is -0.220. The molecular weight excluding hydrogens is 220 g/mol. The Morgan fingerprint density at radius 3 is 2.44 bits per heavy atom. The minimum atomic E-state index is -0.112. The maximum atomic E-state index is 11.8. The summed E-state index contributed by atoms with van der Waals surface area (Å²) in [5.41, 5.74) is 5.71. The van der Waals surface area contributed by atoms with Gasteiger partial charge in [0.15, 0.2) is 0 Å². The van der Waals surface area contributed by atoms with Gasteiger partial charge >= 0.3 is 0 Å². The molecule has 0 aromatic heterocycles. The number of thioether (sulfide) groups is 1. The van der Waals surface area contributed by atoms with E-state index in [2.05, 4.69) is 19.2 Å². The highest BCUT2D eigenvalue weighted by Gasteiger charge is 2.22. The number of nitrogens with two attached hydrogens (primary N) is 1. The molecule has 0 bridgehead atoms. The minimum absolute atomic E-state index is 0.0246. The van der Waals surface area contributed by atoms with Crippen LogP contribution in [0.15, 0.2) is 0 Å². The molecule has 0 radical (unpaired) electrons. The van der Waals surface area contributed by atoms with Crippen molar-refractivity contribution in [2.75, 3.05) is 5.75 Å². The molecule has 4 heteroatoms. The van der Waals surface area contributed by atoms with Gasteiger partial charge in [0.25, 0.3) is 0 Å². The Bertz CT molecular complexity index is 219. The highest BCUT2D eigenvalue weighted by atomic mass is 32.2. The van der Waals surface area contributed by atoms with Crippen molar-refractivity contribution in [3.05, 3.63) is 0 Å². The quantitative estimate of drug-likeness (QED) is 0.723. The SMILES string of the molecule is CCC(N)CSC(C)C(=O)NC(C)(C)CC. The average Bonchev–Trinajstić information content (AvgIpc) is 2.24. The van der Waals surface area contributed by atoms with E-state index >= 15 is 0 Å². The van der Waals surface area contributed by atoms with Crippen molar-refractivity contribution in [1.82, 2.24) is 5.32 Å². The second-order valence-electron chi connectivity index (χ2n) is 4.87. The predicted molar refractivity (Wildman–Crippen MR) is 72.7 cm³/mol. The standard InChI is InChI=1S/C12H26N2OS/c1-6-10(13)8-16-9(3)11(15)14-12(4,5)7-2/h9-10H,6-8,13H2,1-5H3,(H,14,15). The van der Waals surface area contributed by atoms with Crippen molar-refractivity contribution in [1.29, 1.82) is 0 Å². The fraction of sp³-hybridized carbons (Fsp3) is 0.917. The van der Waals surface area contributed by atoms with Gasteiger partial charge in [-0.25, -0.2) is 0 Å². The van der Waals surface area contributed by atoms with Crippen LogP contribution in [0.4, 0.5) is 0 Å². The van der Waals surface area contributed by atoms with Gasteiger partial charge in [0.1, 0.15) is 0 Å². The highest BCUT2D eigenvalue weighted by Crippen LogP contribution is 2.15. The maximum absolute atomic E-state index is 11.8. The van der Waals surface area contributed by atoms with Gasteiger partial charge in [0, 0.05) is 17.3 Å². The molecule has 0 spiro atoms. The average molecular weight is 246 g/mol. The molecule has 0 aromatic carbocycles. The zero-order valence-corrected chi connectivity index (χ0v) is 12.0. The van der Waals surface area contributed by atoms with E-state index in [0.717, 1.165) is 18.6 Å². The molecule has 2 atom stereocenters. The first kappa shape index (κ1) is 15.8. The third-order valence-corrected chi connectivity index (χ3v) is 4.13. The largest absolute Gasteiger partial charge is 0.350 e. The molecule has 16 heavy (non-hydrogen) atoms. The monoisotopic (exact) mass is 246 g/mol. The fourth-order valence-corrected chi connectivity index (χ4v) is 1.97. The normalized spacial score (nSPS) is 15.6. The maximum Gasteiger partial charge on any atom is 0.233 e. The summed E-state index contributed by atoms with van der Waals surface area (Å²) in [7, 11) is 0. The lowest BCUT2D eigenvalue weighted by molar-refractivity contribution is -0.121. The Labute approximate surface area is 104 Å². The molecule has 96 valence electrons. The Morgan fingerprint density at radius 2 is 2.00 bits per heavy atom. The lowest BCUT2D eigenvalue weighted by atomic mass is 10.0. The van der Waals surface area contributed by atoms with Crippen LogP contribution in [0.2, 0.25) is 0 Å². The van der Waals surface area contributed by atoms with E-state index in [1.165, 1.54) is 0 Å². The van der Waals surface area contributed by atoms with Crippen molar-refractivity contribution in [2.45, 2.75) is 64.3 Å². The summed E-state index contributed by atoms with van der Waals surface area (Å²) >= 11 is 1.63. The second kappa shape index (κ2) is 7.17. The zero-order chi connectivity index (χ0) is 12.8. The molecule has 1 amide bonds. The van der Waals surface area contributed by atoms with E-state index in [1.54, 1.807) is 11.8 Å². The van der Waals surface area contributed by atoms with E-state index < -0.39 is 0 Å². The first-order chi connectivity index (χ1) is 7.32. The van der Waals surface area contributed by atoms with Crippen molar-refractivity contribution >= 4 is 17.7 Å². The molecular formula is C12H26N2OS. The smallest absolute Gasteiger partial charge is 0.233 e. The number of amides is 1. The van der Waals surface area contributed by atoms with Crippen LogP contribution in [0.5, 0.6) is 0 Å². The van der Waals surface area contributed by atoms with Crippen LogP contribution in [-0.4, -0.2) is 28.5 Å². The number of rotatable bonds is 7. The summed E-state index contributed by atoms with van der Waals surface area (Å²) in [5, 5.41) is 3.02. The first-order valence-electron chi connectivity index (χ1n) is 6.01. The lowest BCUT2D eigenvalue weighted by Gasteiger charge is -2.26. The van der Waals surface area contributed by atoms with Crippen molar-refractivity contribution in [2.24, 2.45) is 5.73 Å². The summed E-state index contributed by atoms with van der Waals surface area (Å²) in [6.07, 6.45) is 1.90. The number of carbonyl (C=O) groups excluding carboxylic acids is 1. The molecule has 0 aliphatic rings. The van der Waals surface area contributed by atoms with Gasteiger partial charge in [-0.15, -0.1) is 11.8 Å². The van der Waals surface area contributed by atoms with Gasteiger partial charge in [-0.2, -0.15) is 0 Å². The number of hydrogen-bond donors (Lipinski definition) is 2. The molecule has 0 aromatic rings. The third kappa shape index (κ3) is 6.38. The Kier molecular flexibility index (Phi) is 7.07. The molecule has 3 N–H and O–H groups in total. The molecule has 0 saturated heterocycles. The van der Waals surface area contributed by atoms with E-state index in [4.69, 9.17) is 5.73 Å². The van der Waals surface area contributed by atoms with E-state index in [0.29, 0.717) is 0 Å². The summed E-state index contributed by atoms with van der Waals surface area (Å²) in [6, 6.07) is 0.194. The minimum Gasteiger partial charge on any atom is -0.350 e. The van der Waals surface area contributed by atoms with Crippen LogP contribution in [0.1, 0.15) is 47.5 Å². The lowest BCUT2D eigenvalue weighted by Crippen LogP contribution is -2.46. The van der Waals surface area contributed by atoms with Crippen molar-refractivity contribution in [3.8, 4) is 0 Å². The molecule has 0 aliphatic heterocycles. The van der Waals surface area contributed by atoms with Gasteiger partial charge in [0.2, 0.25) is 5.91 Å². The van der Waals surface area contributed by atoms with Gasteiger partial charge in [-0.05, 0) is 33.6 Å². The van der Waals surface area contributed by atoms with E-state index in [1.807, 2.05) is 20.8 Å². The molecule has 0 saturated carbocycles. The molecule has 0 rings (SSSR count). The fourth-order valence-electron chi connectivity index (χ4n) is 0.985. The van der Waals surface area contributed by atoms with Crippen LogP contribution in [0.3, 0.4) is 0 Å². The van der Waals surface area contributed by atoms with Crippen LogP contribution >= 0.6 is 11.8 Å². The zero-order valence-electron chi connectivity index (χ0n) is 11.2. The van der Waals surface area contributed by atoms with Gasteiger partial charge in [-0.3, -0.25) is 4.79 Å². The molecule has 0 heterocycles. The molecule has 0 fully saturated rings. The van der Waals surface area contributed by atoms with E-state index in [-0.39, 0.29) is 22.7 Å². The molecule has 0 aliphatic carbocycles. The molecule has 3 nitrogen and oxygen atoms in total. The number of carbonyl (C=O) groups is 1. The van der Waals surface area contributed by atoms with Gasteiger partial charge < -0.3 is 11.1 Å². The summed E-state index contributed by atoms with van der Waals surface area (Å²) < 4.78 is 0. The van der Waals surface area contributed by atoms with Crippen LogP contribution in [0.25, 0.3) is 0 Å². The van der Waals surface area contributed by atoms with Gasteiger partial charge in [-0.1, -0.05) is 13.8 Å². The molecule has 2 unspecified atom stereocenters. The number of hydrogen-bond acceptors (Lipinski definition) is 3. The van der Waals surface area contributed by atoms with E-state index in [9.17, 15) is 4.79 Å². The Morgan fingerprint density at radius 1 is 1.44 bits per heavy atom. The number of nitrogens with one attached hydrogen (secondary N) is 1. The van der Waals surface area contributed by atoms with Crippen LogP contribution < -0.4 is 11.1 Å². The highest BCUT2D eigenvalue weighted by molar-refractivity contribution is 8.00.